The average molecular weight is 197 g/mol. The zero-order valence-corrected chi connectivity index (χ0v) is 8.49. The minimum absolute atomic E-state index is 0.578. The summed E-state index contributed by atoms with van der Waals surface area (Å²) >= 11 is 0. The summed E-state index contributed by atoms with van der Waals surface area (Å²) in [6.07, 6.45) is 1.81. The van der Waals surface area contributed by atoms with Crippen LogP contribution in [0.1, 0.15) is 6.92 Å². The van der Waals surface area contributed by atoms with E-state index in [1.807, 2.05) is 37.4 Å². The zero-order chi connectivity index (χ0) is 10.5. The molecule has 1 aromatic heterocycles. The Morgan fingerprint density at radius 3 is 3.07 bits per heavy atom. The normalized spacial score (nSPS) is 9.40. The minimum Gasteiger partial charge on any atom is -0.343 e. The van der Waals surface area contributed by atoms with Crippen LogP contribution in [0.4, 0.5) is 5.95 Å². The van der Waals surface area contributed by atoms with Gasteiger partial charge in [-0.1, -0.05) is 24.1 Å². The number of para-hydroxylation sites is 1. The van der Waals surface area contributed by atoms with Crippen LogP contribution in [-0.2, 0) is 0 Å². The second-order valence-electron chi connectivity index (χ2n) is 3.03. The van der Waals surface area contributed by atoms with Gasteiger partial charge in [0.05, 0.1) is 12.1 Å². The van der Waals surface area contributed by atoms with E-state index < -0.39 is 0 Å². The van der Waals surface area contributed by atoms with Gasteiger partial charge in [0.2, 0.25) is 5.95 Å². The summed E-state index contributed by atoms with van der Waals surface area (Å²) in [4.78, 5) is 8.55. The summed E-state index contributed by atoms with van der Waals surface area (Å²) in [5, 5.41) is 4.09. The summed E-state index contributed by atoms with van der Waals surface area (Å²) in [5.41, 5.74) is 0.944. The lowest BCUT2D eigenvalue weighted by atomic mass is 10.2. The van der Waals surface area contributed by atoms with Crippen LogP contribution < -0.4 is 5.32 Å². The van der Waals surface area contributed by atoms with Crippen LogP contribution in [0, 0.1) is 11.8 Å². The molecular formula is C12H11N3. The molecule has 2 rings (SSSR count). The fourth-order valence-electron chi connectivity index (χ4n) is 1.27. The number of rotatable bonds is 2. The van der Waals surface area contributed by atoms with Gasteiger partial charge in [0.15, 0.2) is 0 Å². The lowest BCUT2D eigenvalue weighted by molar-refractivity contribution is 1.16. The summed E-state index contributed by atoms with van der Waals surface area (Å²) in [6, 6.07) is 7.89. The van der Waals surface area contributed by atoms with Crippen LogP contribution >= 0.6 is 0 Å². The molecule has 1 N–H and O–H groups in total. The molecule has 0 aliphatic rings. The Morgan fingerprint density at radius 2 is 2.20 bits per heavy atom. The monoisotopic (exact) mass is 197 g/mol. The van der Waals surface area contributed by atoms with Crippen LogP contribution in [0.5, 0.6) is 0 Å². The first-order valence-electron chi connectivity index (χ1n) is 4.75. The van der Waals surface area contributed by atoms with Gasteiger partial charge in [-0.2, -0.15) is 0 Å². The zero-order valence-electron chi connectivity index (χ0n) is 8.49. The topological polar surface area (TPSA) is 37.8 Å². The summed E-state index contributed by atoms with van der Waals surface area (Å²) < 4.78 is 0. The van der Waals surface area contributed by atoms with Crippen molar-refractivity contribution in [1.82, 2.24) is 9.97 Å². The van der Waals surface area contributed by atoms with Crippen molar-refractivity contribution in [3.05, 3.63) is 30.5 Å². The van der Waals surface area contributed by atoms with Crippen LogP contribution in [0.15, 0.2) is 30.5 Å². The average Bonchev–Trinajstić information content (AvgIpc) is 2.29. The number of benzene rings is 1. The van der Waals surface area contributed by atoms with Gasteiger partial charge in [0.1, 0.15) is 0 Å². The third-order valence-electron chi connectivity index (χ3n) is 2.00. The van der Waals surface area contributed by atoms with Crippen molar-refractivity contribution in [2.24, 2.45) is 0 Å². The van der Waals surface area contributed by atoms with Crippen LogP contribution in [-0.4, -0.2) is 16.5 Å². The van der Waals surface area contributed by atoms with Gasteiger partial charge in [-0.15, -0.1) is 5.92 Å². The lowest BCUT2D eigenvalue weighted by Gasteiger charge is -2.01. The third kappa shape index (κ3) is 2.23. The fraction of sp³-hybridized carbons (Fsp3) is 0.167. The molecule has 0 radical (unpaired) electrons. The first-order valence-corrected chi connectivity index (χ1v) is 4.75. The number of hydrogen-bond donors (Lipinski definition) is 1. The molecule has 2 aromatic rings. The molecule has 0 amide bonds. The Labute approximate surface area is 88.6 Å². The number of nitrogens with one attached hydrogen (secondary N) is 1. The van der Waals surface area contributed by atoms with E-state index in [9.17, 15) is 0 Å². The van der Waals surface area contributed by atoms with Gasteiger partial charge in [-0.05, 0) is 13.0 Å². The Bertz CT molecular complexity index is 523. The molecule has 3 nitrogen and oxygen atoms in total. The first-order chi connectivity index (χ1) is 7.40. The molecule has 0 saturated heterocycles. The van der Waals surface area contributed by atoms with E-state index in [1.54, 1.807) is 0 Å². The van der Waals surface area contributed by atoms with E-state index in [0.717, 1.165) is 10.9 Å². The molecule has 0 fully saturated rings. The highest BCUT2D eigenvalue weighted by Gasteiger charge is 1.96. The molecule has 74 valence electrons. The summed E-state index contributed by atoms with van der Waals surface area (Å²) in [5.74, 6) is 6.33. The van der Waals surface area contributed by atoms with Gasteiger partial charge >= 0.3 is 0 Å². The second kappa shape index (κ2) is 4.43. The number of fused-ring (bicyclic) bond motifs is 1. The second-order valence-corrected chi connectivity index (χ2v) is 3.03. The molecule has 0 aliphatic heterocycles. The Balaban J connectivity index is 2.25. The van der Waals surface area contributed by atoms with Gasteiger partial charge < -0.3 is 5.32 Å². The summed E-state index contributed by atoms with van der Waals surface area (Å²) in [7, 11) is 0. The van der Waals surface area contributed by atoms with Crippen molar-refractivity contribution >= 4 is 16.9 Å². The molecule has 0 aliphatic carbocycles. The van der Waals surface area contributed by atoms with Crippen molar-refractivity contribution < 1.29 is 0 Å². The predicted molar refractivity (Wildman–Crippen MR) is 61.5 cm³/mol. The quantitative estimate of drug-likeness (QED) is 0.749. The predicted octanol–water partition coefficient (Wildman–Crippen LogP) is 2.06. The summed E-state index contributed by atoms with van der Waals surface area (Å²) in [6.45, 7) is 2.39. The minimum atomic E-state index is 0.578. The highest BCUT2D eigenvalue weighted by atomic mass is 15.1. The maximum Gasteiger partial charge on any atom is 0.223 e. The Hall–Kier alpha value is -2.08. The number of anilines is 1. The Morgan fingerprint density at radius 1 is 1.33 bits per heavy atom. The SMILES string of the molecule is CC#CCNc1ncc2ccccc2n1. The van der Waals surface area contributed by atoms with E-state index >= 15 is 0 Å². The van der Waals surface area contributed by atoms with Crippen molar-refractivity contribution in [1.29, 1.82) is 0 Å². The molecule has 0 unspecified atom stereocenters. The van der Waals surface area contributed by atoms with Crippen molar-refractivity contribution in [3.8, 4) is 11.8 Å². The van der Waals surface area contributed by atoms with Crippen LogP contribution in [0.25, 0.3) is 10.9 Å². The maximum absolute atomic E-state index is 4.36. The highest BCUT2D eigenvalue weighted by molar-refractivity contribution is 5.78. The van der Waals surface area contributed by atoms with Crippen LogP contribution in [0.2, 0.25) is 0 Å². The van der Waals surface area contributed by atoms with Gasteiger partial charge in [0, 0.05) is 11.6 Å². The van der Waals surface area contributed by atoms with E-state index in [-0.39, 0.29) is 0 Å². The number of hydrogen-bond acceptors (Lipinski definition) is 3. The fourth-order valence-corrected chi connectivity index (χ4v) is 1.27. The number of nitrogens with zero attached hydrogens (tertiary/aromatic N) is 2. The van der Waals surface area contributed by atoms with E-state index in [2.05, 4.69) is 27.1 Å². The molecular weight excluding hydrogens is 186 g/mol. The standard InChI is InChI=1S/C12H11N3/c1-2-3-8-13-12-14-9-10-6-4-5-7-11(10)15-12/h4-7,9H,8H2,1H3,(H,13,14,15). The van der Waals surface area contributed by atoms with Gasteiger partial charge in [-0.25, -0.2) is 9.97 Å². The van der Waals surface area contributed by atoms with Crippen molar-refractivity contribution in [2.75, 3.05) is 11.9 Å². The van der Waals surface area contributed by atoms with Crippen LogP contribution in [0.3, 0.4) is 0 Å². The van der Waals surface area contributed by atoms with Crippen molar-refractivity contribution in [2.45, 2.75) is 6.92 Å². The molecule has 1 aromatic carbocycles. The molecule has 3 heteroatoms. The molecule has 0 atom stereocenters. The smallest absolute Gasteiger partial charge is 0.223 e. The molecule has 0 bridgehead atoms. The lowest BCUT2D eigenvalue weighted by Crippen LogP contribution is -2.03. The largest absolute Gasteiger partial charge is 0.343 e. The molecule has 0 spiro atoms. The Kier molecular flexibility index (Phi) is 2.80. The number of aromatic nitrogens is 2. The molecule has 15 heavy (non-hydrogen) atoms. The van der Waals surface area contributed by atoms with E-state index in [0.29, 0.717) is 12.5 Å². The van der Waals surface area contributed by atoms with Crippen molar-refractivity contribution in [3.63, 3.8) is 0 Å². The van der Waals surface area contributed by atoms with E-state index in [4.69, 9.17) is 0 Å². The van der Waals surface area contributed by atoms with E-state index in [1.165, 1.54) is 0 Å². The first kappa shape index (κ1) is 9.47. The highest BCUT2D eigenvalue weighted by Crippen LogP contribution is 2.11. The maximum atomic E-state index is 4.36. The van der Waals surface area contributed by atoms with Gasteiger partial charge in [0.25, 0.3) is 0 Å². The van der Waals surface area contributed by atoms with Gasteiger partial charge in [-0.3, -0.25) is 0 Å². The third-order valence-corrected chi connectivity index (χ3v) is 2.00. The molecule has 0 saturated carbocycles. The molecule has 1 heterocycles.